The van der Waals surface area contributed by atoms with Crippen LogP contribution in [-0.2, 0) is 39.5 Å². The van der Waals surface area contributed by atoms with Gasteiger partial charge >= 0.3 is 15.2 Å². The highest BCUT2D eigenvalue weighted by Crippen LogP contribution is 2.57. The van der Waals surface area contributed by atoms with Gasteiger partial charge in [0.15, 0.2) is 0 Å². The molecule has 6 nitrogen and oxygen atoms in total. The lowest BCUT2D eigenvalue weighted by Gasteiger charge is -2.22. The third-order valence-corrected chi connectivity index (χ3v) is 11.9. The minimum absolute atomic E-state index is 0.0200. The minimum atomic E-state index is -3.35. The van der Waals surface area contributed by atoms with Crippen molar-refractivity contribution in [3.8, 4) is 0 Å². The van der Waals surface area contributed by atoms with Crippen LogP contribution in [-0.4, -0.2) is 28.4 Å². The quantitative estimate of drug-likeness (QED) is 0.179. The zero-order valence-electron chi connectivity index (χ0n) is 13.3. The number of benzene rings is 1. The van der Waals surface area contributed by atoms with Crippen LogP contribution in [0.2, 0.25) is 0 Å². The van der Waals surface area contributed by atoms with Gasteiger partial charge in [0.1, 0.15) is 0 Å². The Hall–Kier alpha value is 1.44. The molecule has 0 aromatic heterocycles. The summed E-state index contributed by atoms with van der Waals surface area (Å²) >= 11 is 13.9. The molecule has 24 heavy (non-hydrogen) atoms. The van der Waals surface area contributed by atoms with E-state index >= 15 is 0 Å². The molecule has 138 valence electrons. The Bertz CT molecular complexity index is 637. The van der Waals surface area contributed by atoms with Crippen LogP contribution in [0, 0.1) is 0 Å². The summed E-state index contributed by atoms with van der Waals surface area (Å²) in [7, 11) is -1.44. The number of rotatable bonds is 8. The fourth-order valence-electron chi connectivity index (χ4n) is 1.85. The van der Waals surface area contributed by atoms with Crippen molar-refractivity contribution in [2.75, 3.05) is 28.4 Å². The first-order chi connectivity index (χ1) is 11.1. The largest absolute Gasteiger partial charge is 0.334 e. The summed E-state index contributed by atoms with van der Waals surface area (Å²) in [6.45, 7) is 0. The molecule has 0 radical (unpaired) electrons. The van der Waals surface area contributed by atoms with Crippen molar-refractivity contribution in [3.63, 3.8) is 0 Å². The van der Waals surface area contributed by atoms with Gasteiger partial charge in [-0.15, -0.1) is 0 Å². The Morgan fingerprint density at radius 3 is 1.08 bits per heavy atom. The smallest absolute Gasteiger partial charge is 0.312 e. The normalized spacial score (nSPS) is 12.7. The summed E-state index contributed by atoms with van der Waals surface area (Å²) in [5.74, 6) is 0. The van der Waals surface area contributed by atoms with Gasteiger partial charge in [0.25, 0.3) is 0 Å². The average Bonchev–Trinajstić information content (AvgIpc) is 2.60. The van der Waals surface area contributed by atoms with Gasteiger partial charge in [-0.2, -0.15) is 0 Å². The molecular weight excluding hydrogens is 622 g/mol. The molecule has 1 rings (SSSR count). The summed E-state index contributed by atoms with van der Waals surface area (Å²) in [5.41, 5.74) is 1.22. The van der Waals surface area contributed by atoms with Gasteiger partial charge in [0, 0.05) is 46.3 Å². The van der Waals surface area contributed by atoms with Gasteiger partial charge in [-0.05, 0) is 74.8 Å². The Kier molecular flexibility index (Phi) is 9.37. The maximum absolute atomic E-state index is 12.6. The summed E-state index contributed by atoms with van der Waals surface area (Å²) in [4.78, 5) is 0. The van der Waals surface area contributed by atoms with E-state index in [2.05, 4.69) is 63.7 Å². The maximum atomic E-state index is 12.6. The second-order valence-corrected chi connectivity index (χ2v) is 12.2. The van der Waals surface area contributed by atoms with E-state index in [0.717, 1.165) is 0 Å². The van der Waals surface area contributed by atoms with E-state index in [4.69, 9.17) is 18.1 Å². The standard InChI is InChI=1S/C12H16Br4O6P2/c1-19-23(17,20-2)5-7-8(6-24(18,21-3)22-4)10(14)12(16)11(15)9(7)13/h5-6H2,1-4H3. The van der Waals surface area contributed by atoms with Crippen LogP contribution >= 0.6 is 78.9 Å². The van der Waals surface area contributed by atoms with Gasteiger partial charge in [-0.3, -0.25) is 9.13 Å². The zero-order valence-corrected chi connectivity index (χ0v) is 21.4. The molecule has 0 aliphatic heterocycles. The highest BCUT2D eigenvalue weighted by molar-refractivity contribution is 9.15. The van der Waals surface area contributed by atoms with Crippen LogP contribution in [0.15, 0.2) is 17.9 Å². The molecule has 0 saturated heterocycles. The van der Waals surface area contributed by atoms with Crippen LogP contribution in [0.4, 0.5) is 0 Å². The van der Waals surface area contributed by atoms with E-state index < -0.39 is 15.2 Å². The number of halogens is 4. The van der Waals surface area contributed by atoms with Crippen molar-refractivity contribution in [2.24, 2.45) is 0 Å². The van der Waals surface area contributed by atoms with Crippen molar-refractivity contribution in [2.45, 2.75) is 12.3 Å². The summed E-state index contributed by atoms with van der Waals surface area (Å²) in [5, 5.41) is 0. The zero-order chi connectivity index (χ0) is 18.7. The molecule has 0 aliphatic rings. The second-order valence-electron chi connectivity index (χ2n) is 4.48. The number of hydrogen-bond donors (Lipinski definition) is 0. The molecule has 1 aromatic rings. The molecule has 0 unspecified atom stereocenters. The Morgan fingerprint density at radius 1 is 0.625 bits per heavy atom. The molecule has 0 atom stereocenters. The predicted molar refractivity (Wildman–Crippen MR) is 108 cm³/mol. The van der Waals surface area contributed by atoms with Gasteiger partial charge < -0.3 is 18.1 Å². The van der Waals surface area contributed by atoms with Crippen LogP contribution in [0.1, 0.15) is 11.1 Å². The minimum Gasteiger partial charge on any atom is -0.312 e. The molecule has 0 amide bonds. The van der Waals surface area contributed by atoms with Crippen molar-refractivity contribution in [1.29, 1.82) is 0 Å². The van der Waals surface area contributed by atoms with Gasteiger partial charge in [0.05, 0.1) is 12.3 Å². The third kappa shape index (κ3) is 5.24. The molecule has 0 spiro atoms. The monoisotopic (exact) mass is 634 g/mol. The average molecular weight is 638 g/mol. The molecular formula is C12H16Br4O6P2. The summed E-state index contributed by atoms with van der Waals surface area (Å²) < 4.78 is 48.0. The first-order valence-corrected chi connectivity index (χ1v) is 13.0. The molecule has 1 aromatic carbocycles. The SMILES string of the molecule is COP(=O)(Cc1c(Br)c(Br)c(Br)c(Br)c1CP(=O)(OC)OC)OC. The lowest BCUT2D eigenvalue weighted by Crippen LogP contribution is -2.04. The van der Waals surface area contributed by atoms with Crippen molar-refractivity contribution >= 4 is 78.9 Å². The van der Waals surface area contributed by atoms with E-state index in [9.17, 15) is 9.13 Å². The Labute approximate surface area is 174 Å². The van der Waals surface area contributed by atoms with Crippen LogP contribution < -0.4 is 0 Å². The fraction of sp³-hybridized carbons (Fsp3) is 0.500. The van der Waals surface area contributed by atoms with Gasteiger partial charge in [-0.25, -0.2) is 0 Å². The van der Waals surface area contributed by atoms with Crippen LogP contribution in [0.5, 0.6) is 0 Å². The van der Waals surface area contributed by atoms with Crippen molar-refractivity contribution in [1.82, 2.24) is 0 Å². The summed E-state index contributed by atoms with van der Waals surface area (Å²) in [6.07, 6.45) is -0.0400. The van der Waals surface area contributed by atoms with E-state index in [-0.39, 0.29) is 12.3 Å². The van der Waals surface area contributed by atoms with Gasteiger partial charge in [0.2, 0.25) is 0 Å². The predicted octanol–water partition coefficient (Wildman–Crippen LogP) is 6.71. The first kappa shape index (κ1) is 23.5. The molecule has 0 fully saturated rings. The lowest BCUT2D eigenvalue weighted by molar-refractivity contribution is 0.272. The lowest BCUT2D eigenvalue weighted by atomic mass is 10.1. The topological polar surface area (TPSA) is 71.1 Å². The molecule has 0 N–H and O–H groups in total. The van der Waals surface area contributed by atoms with Crippen molar-refractivity contribution in [3.05, 3.63) is 29.0 Å². The maximum Gasteiger partial charge on any atom is 0.334 e. The second kappa shape index (κ2) is 9.58. The van der Waals surface area contributed by atoms with E-state index in [1.165, 1.54) is 28.4 Å². The van der Waals surface area contributed by atoms with E-state index in [1.807, 2.05) is 0 Å². The van der Waals surface area contributed by atoms with Gasteiger partial charge in [-0.1, -0.05) is 0 Å². The highest BCUT2D eigenvalue weighted by atomic mass is 79.9. The first-order valence-electron chi connectivity index (χ1n) is 6.32. The Balaban J connectivity index is 3.61. The molecule has 12 heteroatoms. The van der Waals surface area contributed by atoms with E-state index in [0.29, 0.717) is 29.0 Å². The van der Waals surface area contributed by atoms with Crippen LogP contribution in [0.3, 0.4) is 0 Å². The fourth-order valence-corrected chi connectivity index (χ4v) is 7.13. The molecule has 0 bridgehead atoms. The molecule has 0 aliphatic carbocycles. The summed E-state index contributed by atoms with van der Waals surface area (Å²) in [6, 6.07) is 0. The Morgan fingerprint density at radius 2 is 0.875 bits per heavy atom. The molecule has 0 heterocycles. The highest BCUT2D eigenvalue weighted by Gasteiger charge is 2.32. The van der Waals surface area contributed by atoms with E-state index in [1.54, 1.807) is 0 Å². The molecule has 0 saturated carbocycles. The third-order valence-electron chi connectivity index (χ3n) is 3.29. The number of hydrogen-bond acceptors (Lipinski definition) is 6. The van der Waals surface area contributed by atoms with Crippen molar-refractivity contribution < 1.29 is 27.2 Å². The van der Waals surface area contributed by atoms with Crippen LogP contribution in [0.25, 0.3) is 0 Å².